The van der Waals surface area contributed by atoms with Crippen LogP contribution in [0.15, 0.2) is 78.9 Å². The molecule has 3 aromatic rings. The molecular weight excluding hydrogens is 368 g/mol. The van der Waals surface area contributed by atoms with E-state index in [1.807, 2.05) is 37.3 Å². The third-order valence-corrected chi connectivity index (χ3v) is 4.43. The van der Waals surface area contributed by atoms with Crippen LogP contribution in [-0.4, -0.2) is 23.6 Å². The van der Waals surface area contributed by atoms with Crippen molar-refractivity contribution in [1.29, 1.82) is 0 Å². The number of hydrogen-bond acceptors (Lipinski definition) is 4. The van der Waals surface area contributed by atoms with Crippen LogP contribution in [0, 0.1) is 0 Å². The zero-order valence-corrected chi connectivity index (χ0v) is 16.0. The van der Waals surface area contributed by atoms with Crippen molar-refractivity contribution < 1.29 is 19.5 Å². The lowest BCUT2D eigenvalue weighted by atomic mass is 9.90. The maximum Gasteiger partial charge on any atom is 0.255 e. The number of carbonyl (C=O) groups is 2. The topological polar surface area (TPSA) is 87.7 Å². The average Bonchev–Trinajstić information content (AvgIpc) is 2.76. The number of amides is 2. The normalized spacial score (nSPS) is 11.4. The van der Waals surface area contributed by atoms with Crippen molar-refractivity contribution in [3.05, 3.63) is 95.6 Å². The molecule has 0 heterocycles. The minimum atomic E-state index is -0.655. The first kappa shape index (κ1) is 20.1. The zero-order valence-electron chi connectivity index (χ0n) is 16.0. The number of ether oxygens (including phenoxy) is 1. The van der Waals surface area contributed by atoms with Crippen molar-refractivity contribution in [2.75, 3.05) is 11.9 Å². The van der Waals surface area contributed by atoms with E-state index in [0.29, 0.717) is 29.2 Å². The van der Waals surface area contributed by atoms with Crippen LogP contribution in [-0.2, 0) is 4.79 Å². The van der Waals surface area contributed by atoms with E-state index in [1.54, 1.807) is 54.0 Å². The van der Waals surface area contributed by atoms with Gasteiger partial charge in [0.05, 0.1) is 12.5 Å². The van der Waals surface area contributed by atoms with E-state index in [2.05, 4.69) is 5.32 Å². The number of carbonyl (C=O) groups excluding carboxylic acids is 2. The zero-order chi connectivity index (χ0) is 20.6. The van der Waals surface area contributed by atoms with Crippen LogP contribution in [0.25, 0.3) is 0 Å². The Kier molecular flexibility index (Phi) is 6.60. The lowest BCUT2D eigenvalue weighted by Crippen LogP contribution is -2.27. The van der Waals surface area contributed by atoms with Crippen LogP contribution in [0.2, 0.25) is 0 Å². The highest BCUT2D eigenvalue weighted by molar-refractivity contribution is 6.04. The fourth-order valence-corrected chi connectivity index (χ4v) is 3.04. The van der Waals surface area contributed by atoms with Gasteiger partial charge in [-0.05, 0) is 54.4 Å². The molecule has 0 radical (unpaired) electrons. The number of rotatable bonds is 7. The van der Waals surface area contributed by atoms with Crippen LogP contribution >= 0.6 is 0 Å². The molecule has 1 unspecified atom stereocenters. The van der Waals surface area contributed by atoms with Gasteiger partial charge in [-0.25, -0.2) is 5.48 Å². The number of benzene rings is 3. The van der Waals surface area contributed by atoms with Crippen molar-refractivity contribution in [3.63, 3.8) is 0 Å². The second-order valence-electron chi connectivity index (χ2n) is 6.35. The Morgan fingerprint density at radius 1 is 0.897 bits per heavy atom. The van der Waals surface area contributed by atoms with Gasteiger partial charge in [0, 0.05) is 11.3 Å². The van der Waals surface area contributed by atoms with Gasteiger partial charge in [0.15, 0.2) is 0 Å². The predicted molar refractivity (Wildman–Crippen MR) is 110 cm³/mol. The Morgan fingerprint density at radius 3 is 2.10 bits per heavy atom. The molecule has 0 aliphatic rings. The Balaban J connectivity index is 1.74. The summed E-state index contributed by atoms with van der Waals surface area (Å²) in [5, 5.41) is 11.9. The molecular formula is C23H22N2O4. The summed E-state index contributed by atoms with van der Waals surface area (Å²) in [5.41, 5.74) is 4.29. The van der Waals surface area contributed by atoms with Gasteiger partial charge in [0.2, 0.25) is 0 Å². The van der Waals surface area contributed by atoms with Crippen molar-refractivity contribution in [2.45, 2.75) is 12.8 Å². The molecule has 3 N–H and O–H groups in total. The first-order valence-electron chi connectivity index (χ1n) is 9.25. The summed E-state index contributed by atoms with van der Waals surface area (Å²) in [6.07, 6.45) is 0. The van der Waals surface area contributed by atoms with E-state index in [0.717, 1.165) is 5.56 Å². The molecule has 6 nitrogen and oxygen atoms in total. The van der Waals surface area contributed by atoms with Crippen LogP contribution < -0.4 is 15.5 Å². The Labute approximate surface area is 169 Å². The lowest BCUT2D eigenvalue weighted by molar-refractivity contribution is -0.129. The monoisotopic (exact) mass is 390 g/mol. The van der Waals surface area contributed by atoms with Crippen LogP contribution in [0.4, 0.5) is 5.69 Å². The summed E-state index contributed by atoms with van der Waals surface area (Å²) in [6.45, 7) is 2.47. The summed E-state index contributed by atoms with van der Waals surface area (Å²) in [4.78, 5) is 24.6. The molecule has 148 valence electrons. The summed E-state index contributed by atoms with van der Waals surface area (Å²) >= 11 is 0. The van der Waals surface area contributed by atoms with Crippen molar-refractivity contribution in [2.24, 2.45) is 0 Å². The van der Waals surface area contributed by atoms with Crippen LogP contribution in [0.3, 0.4) is 0 Å². The molecule has 29 heavy (non-hydrogen) atoms. The highest BCUT2D eigenvalue weighted by Crippen LogP contribution is 2.26. The molecule has 0 saturated carbocycles. The number of anilines is 1. The van der Waals surface area contributed by atoms with Gasteiger partial charge < -0.3 is 10.1 Å². The number of hydroxylamine groups is 1. The SMILES string of the molecule is CCOc1ccc(C(=O)Nc2ccc(C(C(=O)NO)c3ccccc3)cc2)cc1. The fraction of sp³-hybridized carbons (Fsp3) is 0.130. The van der Waals surface area contributed by atoms with Gasteiger partial charge in [0.1, 0.15) is 5.75 Å². The largest absolute Gasteiger partial charge is 0.494 e. The standard InChI is InChI=1S/C23H22N2O4/c1-2-29-20-14-10-18(11-15-20)22(26)24-19-12-8-17(9-13-19)21(23(27)25-28)16-6-4-3-5-7-16/h3-15,21,28H,2H2,1H3,(H,24,26)(H,25,27). The van der Waals surface area contributed by atoms with Crippen molar-refractivity contribution in [1.82, 2.24) is 5.48 Å². The molecule has 0 bridgehead atoms. The predicted octanol–water partition coefficient (Wildman–Crippen LogP) is 3.97. The maximum atomic E-state index is 12.4. The molecule has 0 spiro atoms. The minimum Gasteiger partial charge on any atom is -0.494 e. The highest BCUT2D eigenvalue weighted by atomic mass is 16.5. The van der Waals surface area contributed by atoms with E-state index in [4.69, 9.17) is 9.94 Å². The van der Waals surface area contributed by atoms with Gasteiger partial charge in [-0.1, -0.05) is 42.5 Å². The van der Waals surface area contributed by atoms with Crippen LogP contribution in [0.5, 0.6) is 5.75 Å². The van der Waals surface area contributed by atoms with Crippen LogP contribution in [0.1, 0.15) is 34.3 Å². The molecule has 0 aliphatic heterocycles. The third kappa shape index (κ3) is 5.00. The van der Waals surface area contributed by atoms with E-state index >= 15 is 0 Å². The molecule has 3 rings (SSSR count). The van der Waals surface area contributed by atoms with E-state index in [1.165, 1.54) is 0 Å². The minimum absolute atomic E-state index is 0.242. The molecule has 0 aliphatic carbocycles. The second-order valence-corrected chi connectivity index (χ2v) is 6.35. The molecule has 1 atom stereocenters. The lowest BCUT2D eigenvalue weighted by Gasteiger charge is -2.16. The summed E-state index contributed by atoms with van der Waals surface area (Å²) in [6, 6.07) is 23.0. The van der Waals surface area contributed by atoms with Crippen molar-refractivity contribution in [3.8, 4) is 5.75 Å². The Bertz CT molecular complexity index is 954. The quantitative estimate of drug-likeness (QED) is 0.421. The summed E-state index contributed by atoms with van der Waals surface area (Å²) in [5.74, 6) is -0.713. The summed E-state index contributed by atoms with van der Waals surface area (Å²) < 4.78 is 5.38. The average molecular weight is 390 g/mol. The summed E-state index contributed by atoms with van der Waals surface area (Å²) in [7, 11) is 0. The molecule has 0 aromatic heterocycles. The van der Waals surface area contributed by atoms with Gasteiger partial charge in [-0.15, -0.1) is 0 Å². The molecule has 0 fully saturated rings. The van der Waals surface area contributed by atoms with E-state index in [9.17, 15) is 9.59 Å². The molecule has 6 heteroatoms. The number of nitrogens with one attached hydrogen (secondary N) is 2. The van der Waals surface area contributed by atoms with E-state index in [-0.39, 0.29) is 5.91 Å². The smallest absolute Gasteiger partial charge is 0.255 e. The third-order valence-electron chi connectivity index (χ3n) is 4.43. The molecule has 0 saturated heterocycles. The van der Waals surface area contributed by atoms with Gasteiger partial charge in [-0.3, -0.25) is 14.8 Å². The highest BCUT2D eigenvalue weighted by Gasteiger charge is 2.22. The molecule has 2 amide bonds. The number of hydrogen-bond donors (Lipinski definition) is 3. The molecule has 3 aromatic carbocycles. The van der Waals surface area contributed by atoms with Gasteiger partial charge in [0.25, 0.3) is 11.8 Å². The van der Waals surface area contributed by atoms with Gasteiger partial charge in [-0.2, -0.15) is 0 Å². The van der Waals surface area contributed by atoms with Gasteiger partial charge >= 0.3 is 0 Å². The maximum absolute atomic E-state index is 12.4. The Morgan fingerprint density at radius 2 is 1.52 bits per heavy atom. The Hall–Kier alpha value is -3.64. The first-order valence-corrected chi connectivity index (χ1v) is 9.25. The fourth-order valence-electron chi connectivity index (χ4n) is 3.04. The van der Waals surface area contributed by atoms with Crippen molar-refractivity contribution >= 4 is 17.5 Å². The second kappa shape index (κ2) is 9.52. The first-order chi connectivity index (χ1) is 14.1. The van der Waals surface area contributed by atoms with E-state index < -0.39 is 11.8 Å².